The van der Waals surface area contributed by atoms with Crippen LogP contribution in [0.4, 0.5) is 0 Å². The van der Waals surface area contributed by atoms with Crippen molar-refractivity contribution in [2.75, 3.05) is 13.7 Å². The summed E-state index contributed by atoms with van der Waals surface area (Å²) in [5, 5.41) is 1.98. The van der Waals surface area contributed by atoms with E-state index in [1.54, 1.807) is 22.3 Å². The van der Waals surface area contributed by atoms with Gasteiger partial charge < -0.3 is 9.64 Å². The van der Waals surface area contributed by atoms with Crippen LogP contribution in [0.15, 0.2) is 23.6 Å². The molecule has 20 heavy (non-hydrogen) atoms. The predicted octanol–water partition coefficient (Wildman–Crippen LogP) is 2.71. The number of ether oxygens (including phenoxy) is 1. The molecular formula is C15H19NO3S. The van der Waals surface area contributed by atoms with Crippen molar-refractivity contribution in [3.63, 3.8) is 0 Å². The number of esters is 1. The highest BCUT2D eigenvalue weighted by molar-refractivity contribution is 7.10. The molecule has 1 atom stereocenters. The largest absolute Gasteiger partial charge is 0.469 e. The van der Waals surface area contributed by atoms with Crippen LogP contribution in [0, 0.1) is 0 Å². The Balaban J connectivity index is 1.99. The SMILES string of the molecule is COC(=O)CC1CCCCN1C(=O)/C=C/c1cccs1. The maximum atomic E-state index is 12.3. The second-order valence-corrected chi connectivity index (χ2v) is 5.79. The van der Waals surface area contributed by atoms with Crippen LogP contribution in [0.1, 0.15) is 30.6 Å². The fraction of sp³-hybridized carbons (Fsp3) is 0.467. The van der Waals surface area contributed by atoms with Crippen LogP contribution >= 0.6 is 11.3 Å². The minimum atomic E-state index is -0.253. The summed E-state index contributed by atoms with van der Waals surface area (Å²) in [5.41, 5.74) is 0. The van der Waals surface area contributed by atoms with Gasteiger partial charge in [-0.1, -0.05) is 6.07 Å². The van der Waals surface area contributed by atoms with E-state index in [0.29, 0.717) is 0 Å². The molecule has 0 aliphatic carbocycles. The second kappa shape index (κ2) is 7.24. The molecule has 0 saturated carbocycles. The van der Waals surface area contributed by atoms with Gasteiger partial charge in [-0.25, -0.2) is 0 Å². The Morgan fingerprint density at radius 1 is 1.50 bits per heavy atom. The highest BCUT2D eigenvalue weighted by Gasteiger charge is 2.27. The number of carbonyl (C=O) groups is 2. The molecule has 1 aliphatic heterocycles. The Hall–Kier alpha value is -1.62. The predicted molar refractivity (Wildman–Crippen MR) is 79.3 cm³/mol. The number of amides is 1. The van der Waals surface area contributed by atoms with E-state index in [-0.39, 0.29) is 24.3 Å². The molecular weight excluding hydrogens is 274 g/mol. The number of piperidine rings is 1. The second-order valence-electron chi connectivity index (χ2n) is 4.81. The first-order chi connectivity index (χ1) is 9.70. The van der Waals surface area contributed by atoms with E-state index in [1.165, 1.54) is 7.11 Å². The molecule has 0 spiro atoms. The molecule has 2 heterocycles. The minimum absolute atomic E-state index is 0.0213. The van der Waals surface area contributed by atoms with E-state index in [1.807, 2.05) is 23.6 Å². The number of methoxy groups -OCH3 is 1. The summed E-state index contributed by atoms with van der Waals surface area (Å²) < 4.78 is 4.71. The molecule has 108 valence electrons. The van der Waals surface area contributed by atoms with E-state index in [4.69, 9.17) is 4.74 Å². The Labute approximate surface area is 123 Å². The average Bonchev–Trinajstić information content (AvgIpc) is 2.98. The molecule has 1 amide bonds. The summed E-state index contributed by atoms with van der Waals surface area (Å²) >= 11 is 1.59. The lowest BCUT2D eigenvalue weighted by Gasteiger charge is -2.34. The van der Waals surface area contributed by atoms with Gasteiger partial charge in [0.15, 0.2) is 0 Å². The molecule has 0 aromatic carbocycles. The smallest absolute Gasteiger partial charge is 0.307 e. The number of rotatable bonds is 4. The summed E-state index contributed by atoms with van der Waals surface area (Å²) in [6.45, 7) is 0.718. The molecule has 1 unspecified atom stereocenters. The van der Waals surface area contributed by atoms with Crippen LogP contribution in [0.25, 0.3) is 6.08 Å². The highest BCUT2D eigenvalue weighted by atomic mass is 32.1. The number of likely N-dealkylation sites (tertiary alicyclic amines) is 1. The fourth-order valence-electron chi connectivity index (χ4n) is 2.41. The van der Waals surface area contributed by atoms with Crippen LogP contribution in [0.3, 0.4) is 0 Å². The van der Waals surface area contributed by atoms with Crippen molar-refractivity contribution in [1.29, 1.82) is 0 Å². The lowest BCUT2D eigenvalue weighted by atomic mass is 9.99. The summed E-state index contributed by atoms with van der Waals surface area (Å²) in [6, 6.07) is 3.89. The van der Waals surface area contributed by atoms with Crippen molar-refractivity contribution < 1.29 is 14.3 Å². The molecule has 2 rings (SSSR count). The number of nitrogens with zero attached hydrogens (tertiary/aromatic N) is 1. The molecule has 1 fully saturated rings. The number of hydrogen-bond acceptors (Lipinski definition) is 4. The first-order valence-corrected chi connectivity index (χ1v) is 7.67. The van der Waals surface area contributed by atoms with Gasteiger partial charge in [0.2, 0.25) is 5.91 Å². The molecule has 1 aliphatic rings. The van der Waals surface area contributed by atoms with Crippen molar-refractivity contribution in [2.45, 2.75) is 31.7 Å². The van der Waals surface area contributed by atoms with Gasteiger partial charge in [0.25, 0.3) is 0 Å². The van der Waals surface area contributed by atoms with Gasteiger partial charge in [-0.3, -0.25) is 9.59 Å². The average molecular weight is 293 g/mol. The minimum Gasteiger partial charge on any atom is -0.469 e. The maximum Gasteiger partial charge on any atom is 0.307 e. The number of thiophene rings is 1. The van der Waals surface area contributed by atoms with Gasteiger partial charge in [0.1, 0.15) is 0 Å². The van der Waals surface area contributed by atoms with Gasteiger partial charge in [0.05, 0.1) is 13.5 Å². The van der Waals surface area contributed by atoms with E-state index < -0.39 is 0 Å². The third-order valence-electron chi connectivity index (χ3n) is 3.47. The van der Waals surface area contributed by atoms with Crippen LogP contribution in [0.5, 0.6) is 0 Å². The van der Waals surface area contributed by atoms with Crippen molar-refractivity contribution in [2.24, 2.45) is 0 Å². The Kier molecular flexibility index (Phi) is 5.35. The molecule has 1 aromatic rings. The van der Waals surface area contributed by atoms with E-state index in [0.717, 1.165) is 30.7 Å². The normalized spacial score (nSPS) is 19.2. The van der Waals surface area contributed by atoms with Crippen LogP contribution in [-0.2, 0) is 14.3 Å². The van der Waals surface area contributed by atoms with Gasteiger partial charge in [-0.2, -0.15) is 0 Å². The summed E-state index contributed by atoms with van der Waals surface area (Å²) in [6.07, 6.45) is 6.64. The molecule has 0 radical (unpaired) electrons. The molecule has 1 saturated heterocycles. The third-order valence-corrected chi connectivity index (χ3v) is 4.31. The van der Waals surface area contributed by atoms with E-state index in [9.17, 15) is 9.59 Å². The molecule has 1 aromatic heterocycles. The summed E-state index contributed by atoms with van der Waals surface area (Å²) in [7, 11) is 1.38. The zero-order chi connectivity index (χ0) is 14.4. The summed E-state index contributed by atoms with van der Waals surface area (Å²) in [5.74, 6) is -0.274. The molecule has 0 N–H and O–H groups in total. The van der Waals surface area contributed by atoms with Gasteiger partial charge in [-0.15, -0.1) is 11.3 Å². The van der Waals surface area contributed by atoms with E-state index in [2.05, 4.69) is 0 Å². The first-order valence-electron chi connectivity index (χ1n) is 6.79. The zero-order valence-corrected chi connectivity index (χ0v) is 12.4. The molecule has 4 nitrogen and oxygen atoms in total. The topological polar surface area (TPSA) is 46.6 Å². The Morgan fingerprint density at radius 2 is 2.35 bits per heavy atom. The van der Waals surface area contributed by atoms with Crippen molar-refractivity contribution in [3.05, 3.63) is 28.5 Å². The summed E-state index contributed by atoms with van der Waals surface area (Å²) in [4.78, 5) is 26.5. The van der Waals surface area contributed by atoms with Gasteiger partial charge in [0, 0.05) is 23.5 Å². The van der Waals surface area contributed by atoms with Crippen LogP contribution < -0.4 is 0 Å². The Morgan fingerprint density at radius 3 is 3.05 bits per heavy atom. The standard InChI is InChI=1S/C15H19NO3S/c1-19-15(18)11-12-5-2-3-9-16(12)14(17)8-7-13-6-4-10-20-13/h4,6-8,10,12H,2-3,5,9,11H2,1H3/b8-7+. The lowest BCUT2D eigenvalue weighted by Crippen LogP contribution is -2.44. The lowest BCUT2D eigenvalue weighted by molar-refractivity contribution is -0.143. The zero-order valence-electron chi connectivity index (χ0n) is 11.6. The Bertz CT molecular complexity index is 481. The van der Waals surface area contributed by atoms with E-state index >= 15 is 0 Å². The number of hydrogen-bond donors (Lipinski definition) is 0. The fourth-order valence-corrected chi connectivity index (χ4v) is 3.03. The van der Waals surface area contributed by atoms with Crippen molar-refractivity contribution in [3.8, 4) is 0 Å². The van der Waals surface area contributed by atoms with Crippen LogP contribution in [-0.4, -0.2) is 36.5 Å². The van der Waals surface area contributed by atoms with Crippen LogP contribution in [0.2, 0.25) is 0 Å². The first kappa shape index (κ1) is 14.8. The monoisotopic (exact) mass is 293 g/mol. The van der Waals surface area contributed by atoms with Gasteiger partial charge >= 0.3 is 5.97 Å². The molecule has 0 bridgehead atoms. The third kappa shape index (κ3) is 3.93. The van der Waals surface area contributed by atoms with Crippen molar-refractivity contribution >= 4 is 29.3 Å². The van der Waals surface area contributed by atoms with Gasteiger partial charge in [-0.05, 0) is 36.8 Å². The quantitative estimate of drug-likeness (QED) is 0.633. The maximum absolute atomic E-state index is 12.3. The molecule has 5 heteroatoms. The number of carbonyl (C=O) groups excluding carboxylic acids is 2. The van der Waals surface area contributed by atoms with Crippen molar-refractivity contribution in [1.82, 2.24) is 4.90 Å². The highest BCUT2D eigenvalue weighted by Crippen LogP contribution is 2.21.